The fraction of sp³-hybridized carbons (Fsp3) is 0.375. The third kappa shape index (κ3) is 2.39. The molecule has 0 saturated heterocycles. The zero-order valence-electron chi connectivity index (χ0n) is 10.9. The van der Waals surface area contributed by atoms with Crippen LogP contribution >= 0.6 is 0 Å². The van der Waals surface area contributed by atoms with Crippen molar-refractivity contribution in [2.75, 3.05) is 0 Å². The molecule has 0 bridgehead atoms. The molecule has 2 aromatic rings. The molecule has 3 nitrogen and oxygen atoms in total. The minimum absolute atomic E-state index is 0.487. The van der Waals surface area contributed by atoms with Crippen LogP contribution in [0.3, 0.4) is 0 Å². The summed E-state index contributed by atoms with van der Waals surface area (Å²) in [5.74, 6) is 0.487. The van der Waals surface area contributed by atoms with Gasteiger partial charge in [-0.25, -0.2) is 4.98 Å². The maximum atomic E-state index is 9.44. The second-order valence-electron chi connectivity index (χ2n) is 4.99. The lowest BCUT2D eigenvalue weighted by Gasteiger charge is -2.03. The van der Waals surface area contributed by atoms with Gasteiger partial charge < -0.3 is 4.42 Å². The molecule has 1 aromatic carbocycles. The van der Waals surface area contributed by atoms with Gasteiger partial charge in [-0.1, -0.05) is 25.0 Å². The van der Waals surface area contributed by atoms with Crippen LogP contribution in [-0.2, 0) is 0 Å². The van der Waals surface area contributed by atoms with E-state index in [4.69, 9.17) is 4.42 Å². The van der Waals surface area contributed by atoms with Gasteiger partial charge in [0.05, 0.1) is 0 Å². The molecular formula is C16H16N2O. The third-order valence-electron chi connectivity index (χ3n) is 3.68. The van der Waals surface area contributed by atoms with E-state index >= 15 is 0 Å². The van der Waals surface area contributed by atoms with Crippen LogP contribution in [-0.4, -0.2) is 4.98 Å². The summed E-state index contributed by atoms with van der Waals surface area (Å²) < 4.78 is 5.72. The molecule has 1 heterocycles. The zero-order chi connectivity index (χ0) is 13.1. The molecule has 0 amide bonds. The second-order valence-corrected chi connectivity index (χ2v) is 4.99. The molecule has 3 heteroatoms. The van der Waals surface area contributed by atoms with Gasteiger partial charge in [0.25, 0.3) is 0 Å². The van der Waals surface area contributed by atoms with Gasteiger partial charge in [0.1, 0.15) is 17.2 Å². The van der Waals surface area contributed by atoms with Crippen molar-refractivity contribution in [1.29, 1.82) is 5.26 Å². The summed E-state index contributed by atoms with van der Waals surface area (Å²) >= 11 is 0. The average Bonchev–Trinajstić information content (AvgIpc) is 2.67. The highest BCUT2D eigenvalue weighted by Gasteiger charge is 2.16. The minimum atomic E-state index is 0.487. The Morgan fingerprint density at radius 2 is 1.84 bits per heavy atom. The number of oxazole rings is 1. The van der Waals surface area contributed by atoms with Crippen LogP contribution < -0.4 is 0 Å². The van der Waals surface area contributed by atoms with Crippen molar-refractivity contribution in [2.24, 2.45) is 0 Å². The molecule has 1 aliphatic rings. The zero-order valence-corrected chi connectivity index (χ0v) is 10.9. The van der Waals surface area contributed by atoms with Crippen molar-refractivity contribution < 1.29 is 4.42 Å². The van der Waals surface area contributed by atoms with Crippen LogP contribution in [0.25, 0.3) is 16.7 Å². The van der Waals surface area contributed by atoms with E-state index in [9.17, 15) is 5.26 Å². The molecular weight excluding hydrogens is 236 g/mol. The number of nitriles is 1. The Balaban J connectivity index is 2.06. The predicted molar refractivity (Wildman–Crippen MR) is 74.2 cm³/mol. The van der Waals surface area contributed by atoms with Gasteiger partial charge in [-0.2, -0.15) is 5.26 Å². The second kappa shape index (κ2) is 5.27. The lowest BCUT2D eigenvalue weighted by molar-refractivity contribution is 0.584. The van der Waals surface area contributed by atoms with E-state index in [1.807, 2.05) is 24.3 Å². The van der Waals surface area contributed by atoms with E-state index in [2.05, 4.69) is 11.1 Å². The SMILES string of the molecule is N#CC(=C1CCCCCC1)c1nc2ccccc2o1. The molecule has 3 rings (SSSR count). The Kier molecular flexibility index (Phi) is 3.33. The molecule has 0 N–H and O–H groups in total. The highest BCUT2D eigenvalue weighted by molar-refractivity contribution is 5.80. The van der Waals surface area contributed by atoms with Crippen molar-refractivity contribution >= 4 is 16.7 Å². The van der Waals surface area contributed by atoms with Gasteiger partial charge in [-0.3, -0.25) is 0 Å². The molecule has 96 valence electrons. The number of fused-ring (bicyclic) bond motifs is 1. The standard InChI is InChI=1S/C16H16N2O/c17-11-13(12-7-3-1-2-4-8-12)16-18-14-9-5-6-10-15(14)19-16/h5-6,9-10H,1-4,7-8H2. The van der Waals surface area contributed by atoms with E-state index < -0.39 is 0 Å². The smallest absolute Gasteiger partial charge is 0.238 e. The first kappa shape index (κ1) is 12.0. The minimum Gasteiger partial charge on any atom is -0.435 e. The Morgan fingerprint density at radius 3 is 2.53 bits per heavy atom. The summed E-state index contributed by atoms with van der Waals surface area (Å²) in [6.07, 6.45) is 6.86. The molecule has 1 aromatic heterocycles. The van der Waals surface area contributed by atoms with Crippen LogP contribution in [0, 0.1) is 11.3 Å². The van der Waals surface area contributed by atoms with E-state index in [1.54, 1.807) is 0 Å². The van der Waals surface area contributed by atoms with E-state index in [0.717, 1.165) is 23.9 Å². The molecule has 0 radical (unpaired) electrons. The van der Waals surface area contributed by atoms with Crippen LogP contribution in [0.4, 0.5) is 0 Å². The van der Waals surface area contributed by atoms with Crippen molar-refractivity contribution in [3.05, 3.63) is 35.7 Å². The van der Waals surface area contributed by atoms with Crippen LogP contribution in [0.5, 0.6) is 0 Å². The van der Waals surface area contributed by atoms with Gasteiger partial charge in [0, 0.05) is 0 Å². The number of benzene rings is 1. The number of rotatable bonds is 1. The number of hydrogen-bond donors (Lipinski definition) is 0. The van der Waals surface area contributed by atoms with Gasteiger partial charge in [0.15, 0.2) is 5.58 Å². The van der Waals surface area contributed by atoms with Crippen molar-refractivity contribution in [1.82, 2.24) is 4.98 Å². The quantitative estimate of drug-likeness (QED) is 0.556. The van der Waals surface area contributed by atoms with Crippen molar-refractivity contribution in [3.63, 3.8) is 0 Å². The summed E-state index contributed by atoms with van der Waals surface area (Å²) in [6, 6.07) is 9.95. The Labute approximate surface area is 112 Å². The molecule has 19 heavy (non-hydrogen) atoms. The Bertz CT molecular complexity index is 618. The van der Waals surface area contributed by atoms with Crippen LogP contribution in [0.1, 0.15) is 44.4 Å². The number of aromatic nitrogens is 1. The Hall–Kier alpha value is -2.08. The largest absolute Gasteiger partial charge is 0.435 e. The Morgan fingerprint density at radius 1 is 1.11 bits per heavy atom. The van der Waals surface area contributed by atoms with Gasteiger partial charge in [-0.05, 0) is 43.4 Å². The lowest BCUT2D eigenvalue weighted by Crippen LogP contribution is -1.90. The third-order valence-corrected chi connectivity index (χ3v) is 3.68. The maximum Gasteiger partial charge on any atom is 0.238 e. The maximum absolute atomic E-state index is 9.44. The summed E-state index contributed by atoms with van der Waals surface area (Å²) in [5, 5.41) is 9.44. The van der Waals surface area contributed by atoms with E-state index in [1.165, 1.54) is 31.3 Å². The number of para-hydroxylation sites is 2. The molecule has 0 spiro atoms. The predicted octanol–water partition coefficient (Wildman–Crippen LogP) is 4.46. The van der Waals surface area contributed by atoms with Crippen LogP contribution in [0.2, 0.25) is 0 Å². The van der Waals surface area contributed by atoms with E-state index in [-0.39, 0.29) is 0 Å². The van der Waals surface area contributed by atoms with E-state index in [0.29, 0.717) is 11.5 Å². The first-order valence-corrected chi connectivity index (χ1v) is 6.86. The molecule has 1 aliphatic carbocycles. The molecule has 1 fully saturated rings. The lowest BCUT2D eigenvalue weighted by atomic mass is 10.0. The first-order chi connectivity index (χ1) is 9.38. The molecule has 0 atom stereocenters. The monoisotopic (exact) mass is 252 g/mol. The molecule has 0 unspecified atom stereocenters. The highest BCUT2D eigenvalue weighted by Crippen LogP contribution is 2.30. The summed E-state index contributed by atoms with van der Waals surface area (Å²) in [7, 11) is 0. The number of hydrogen-bond acceptors (Lipinski definition) is 3. The normalized spacial score (nSPS) is 16.1. The van der Waals surface area contributed by atoms with Crippen LogP contribution in [0.15, 0.2) is 34.3 Å². The van der Waals surface area contributed by atoms with Gasteiger partial charge in [-0.15, -0.1) is 0 Å². The topological polar surface area (TPSA) is 49.8 Å². The number of allylic oxidation sites excluding steroid dienone is 2. The summed E-state index contributed by atoms with van der Waals surface area (Å²) in [5.41, 5.74) is 3.43. The average molecular weight is 252 g/mol. The van der Waals surface area contributed by atoms with Gasteiger partial charge >= 0.3 is 0 Å². The van der Waals surface area contributed by atoms with Gasteiger partial charge in [0.2, 0.25) is 5.89 Å². The molecule has 0 aliphatic heterocycles. The summed E-state index contributed by atoms with van der Waals surface area (Å²) in [4.78, 5) is 4.44. The van der Waals surface area contributed by atoms with Crippen molar-refractivity contribution in [3.8, 4) is 6.07 Å². The fourth-order valence-corrected chi connectivity index (χ4v) is 2.66. The highest BCUT2D eigenvalue weighted by atomic mass is 16.3. The first-order valence-electron chi connectivity index (χ1n) is 6.86. The summed E-state index contributed by atoms with van der Waals surface area (Å²) in [6.45, 7) is 0. The molecule has 1 saturated carbocycles. The fourth-order valence-electron chi connectivity index (χ4n) is 2.66. The van der Waals surface area contributed by atoms with Crippen molar-refractivity contribution in [2.45, 2.75) is 38.5 Å². The number of nitrogens with zero attached hydrogens (tertiary/aromatic N) is 2.